The fourth-order valence-corrected chi connectivity index (χ4v) is 1.56. The molecule has 0 saturated carbocycles. The highest BCUT2D eigenvalue weighted by molar-refractivity contribution is 5.75. The number of carbonyl (C=O) groups excluding carboxylic acids is 1. The Balaban J connectivity index is 2.38. The minimum Gasteiger partial charge on any atom is -0.493 e. The first-order valence-corrected chi connectivity index (χ1v) is 6.04. The lowest BCUT2D eigenvalue weighted by atomic mass is 10.2. The maximum Gasteiger partial charge on any atom is 0.225 e. The van der Waals surface area contributed by atoms with E-state index in [9.17, 15) is 9.18 Å². The lowest BCUT2D eigenvalue weighted by Crippen LogP contribution is -2.28. The van der Waals surface area contributed by atoms with Crippen molar-refractivity contribution in [3.63, 3.8) is 0 Å². The first-order chi connectivity index (χ1) is 9.04. The van der Waals surface area contributed by atoms with Crippen LogP contribution < -0.4 is 4.74 Å². The summed E-state index contributed by atoms with van der Waals surface area (Å²) < 4.78 is 18.3. The van der Waals surface area contributed by atoms with Crippen LogP contribution in [0.2, 0.25) is 0 Å². The Kier molecular flexibility index (Phi) is 5.80. The molecule has 102 valence electrons. The van der Waals surface area contributed by atoms with E-state index in [-0.39, 0.29) is 24.8 Å². The number of halogens is 1. The summed E-state index contributed by atoms with van der Waals surface area (Å²) in [4.78, 5) is 13.2. The van der Waals surface area contributed by atoms with Gasteiger partial charge in [0.25, 0.3) is 0 Å². The summed E-state index contributed by atoms with van der Waals surface area (Å²) in [6.45, 7) is 2.41. The van der Waals surface area contributed by atoms with Gasteiger partial charge in [-0.1, -0.05) is 0 Å². The molecule has 1 rings (SSSR count). The van der Waals surface area contributed by atoms with Crippen molar-refractivity contribution in [2.24, 2.45) is 0 Å². The maximum absolute atomic E-state index is 12.9. The summed E-state index contributed by atoms with van der Waals surface area (Å²) in [5.74, 6) is 0.195. The van der Waals surface area contributed by atoms with Crippen molar-refractivity contribution < 1.29 is 13.9 Å². The number of carbonyl (C=O) groups is 1. The van der Waals surface area contributed by atoms with Crippen molar-refractivity contribution in [1.29, 1.82) is 5.26 Å². The van der Waals surface area contributed by atoms with E-state index in [0.29, 0.717) is 24.3 Å². The average molecular weight is 264 g/mol. The highest BCUT2D eigenvalue weighted by atomic mass is 19.1. The fourth-order valence-electron chi connectivity index (χ4n) is 1.56. The van der Waals surface area contributed by atoms with Gasteiger partial charge in [0.05, 0.1) is 25.5 Å². The van der Waals surface area contributed by atoms with Crippen LogP contribution in [0.15, 0.2) is 18.2 Å². The fraction of sp³-hybridized carbons (Fsp3) is 0.429. The number of benzene rings is 1. The molecule has 0 aromatic heterocycles. The van der Waals surface area contributed by atoms with Crippen LogP contribution in [0.25, 0.3) is 0 Å². The number of amides is 1. The molecule has 0 aliphatic carbocycles. The lowest BCUT2D eigenvalue weighted by Gasteiger charge is -2.16. The van der Waals surface area contributed by atoms with E-state index in [0.717, 1.165) is 0 Å². The van der Waals surface area contributed by atoms with Crippen molar-refractivity contribution in [2.45, 2.75) is 19.8 Å². The Morgan fingerprint density at radius 2 is 2.26 bits per heavy atom. The average Bonchev–Trinajstić information content (AvgIpc) is 2.38. The largest absolute Gasteiger partial charge is 0.493 e. The molecule has 0 unspecified atom stereocenters. The zero-order chi connectivity index (χ0) is 14.3. The van der Waals surface area contributed by atoms with Crippen LogP contribution in [0.3, 0.4) is 0 Å². The third-order valence-electron chi connectivity index (χ3n) is 2.70. The number of nitriles is 1. The third-order valence-corrected chi connectivity index (χ3v) is 2.70. The van der Waals surface area contributed by atoms with Gasteiger partial charge >= 0.3 is 0 Å². The molecule has 1 aromatic carbocycles. The topological polar surface area (TPSA) is 53.3 Å². The minimum atomic E-state index is -0.308. The third kappa shape index (κ3) is 4.96. The molecule has 0 aliphatic heterocycles. The molecule has 0 atom stereocenters. The van der Waals surface area contributed by atoms with Gasteiger partial charge in [0, 0.05) is 13.6 Å². The van der Waals surface area contributed by atoms with E-state index in [4.69, 9.17) is 10.00 Å². The number of rotatable bonds is 6. The van der Waals surface area contributed by atoms with Crippen LogP contribution in [0.4, 0.5) is 4.39 Å². The van der Waals surface area contributed by atoms with Crippen molar-refractivity contribution in [3.05, 3.63) is 29.6 Å². The molecule has 4 nitrogen and oxygen atoms in total. The van der Waals surface area contributed by atoms with Gasteiger partial charge in [-0.05, 0) is 30.7 Å². The zero-order valence-electron chi connectivity index (χ0n) is 11.1. The molecule has 0 radical (unpaired) electrons. The van der Waals surface area contributed by atoms with Gasteiger partial charge in [0.1, 0.15) is 11.6 Å². The van der Waals surface area contributed by atoms with Gasteiger partial charge in [0.2, 0.25) is 5.91 Å². The summed E-state index contributed by atoms with van der Waals surface area (Å²) in [5.41, 5.74) is 0.699. The first kappa shape index (κ1) is 15.0. The molecule has 0 aliphatic rings. The first-order valence-electron chi connectivity index (χ1n) is 6.04. The van der Waals surface area contributed by atoms with Gasteiger partial charge in [0.15, 0.2) is 0 Å². The van der Waals surface area contributed by atoms with E-state index < -0.39 is 0 Å². The Bertz CT molecular complexity index is 483. The van der Waals surface area contributed by atoms with Gasteiger partial charge in [-0.2, -0.15) is 5.26 Å². The summed E-state index contributed by atoms with van der Waals surface area (Å²) in [7, 11) is 1.66. The Hall–Kier alpha value is -2.09. The highest BCUT2D eigenvalue weighted by Gasteiger charge is 2.09. The van der Waals surface area contributed by atoms with Crippen LogP contribution in [0.1, 0.15) is 18.4 Å². The van der Waals surface area contributed by atoms with Gasteiger partial charge in [-0.15, -0.1) is 0 Å². The van der Waals surface area contributed by atoms with Gasteiger partial charge < -0.3 is 9.64 Å². The molecule has 1 aromatic rings. The molecule has 0 bridgehead atoms. The van der Waals surface area contributed by atoms with E-state index in [2.05, 4.69) is 0 Å². The monoisotopic (exact) mass is 264 g/mol. The molecule has 0 saturated heterocycles. The van der Waals surface area contributed by atoms with Crippen LogP contribution in [0.5, 0.6) is 5.75 Å². The van der Waals surface area contributed by atoms with Gasteiger partial charge in [-0.25, -0.2) is 4.39 Å². The quantitative estimate of drug-likeness (QED) is 0.792. The summed E-state index contributed by atoms with van der Waals surface area (Å²) >= 11 is 0. The second-order valence-corrected chi connectivity index (χ2v) is 4.23. The van der Waals surface area contributed by atoms with Crippen LogP contribution >= 0.6 is 0 Å². The molecule has 5 heteroatoms. The summed E-state index contributed by atoms with van der Waals surface area (Å²) in [6.07, 6.45) is 0.554. The molecular weight excluding hydrogens is 247 g/mol. The van der Waals surface area contributed by atoms with E-state index in [1.165, 1.54) is 17.0 Å². The van der Waals surface area contributed by atoms with E-state index in [1.54, 1.807) is 20.0 Å². The summed E-state index contributed by atoms with van der Waals surface area (Å²) in [6, 6.07) is 6.25. The predicted molar refractivity (Wildman–Crippen MR) is 69.1 cm³/mol. The Labute approximate surface area is 112 Å². The standard InChI is InChI=1S/C14H17FN2O2/c1-11-10-12(15)4-5-13(11)19-9-6-14(18)17(2)8-3-7-16/h4-5,10H,3,6,8-9H2,1-2H3. The highest BCUT2D eigenvalue weighted by Crippen LogP contribution is 2.18. The van der Waals surface area contributed by atoms with Crippen LogP contribution in [-0.4, -0.2) is 31.0 Å². The maximum atomic E-state index is 12.9. The molecule has 19 heavy (non-hydrogen) atoms. The summed E-state index contributed by atoms with van der Waals surface area (Å²) in [5, 5.41) is 8.43. The lowest BCUT2D eigenvalue weighted by molar-refractivity contribution is -0.130. The molecule has 0 spiro atoms. The van der Waals surface area contributed by atoms with Crippen molar-refractivity contribution in [3.8, 4) is 11.8 Å². The predicted octanol–water partition coefficient (Wildman–Crippen LogP) is 2.28. The van der Waals surface area contributed by atoms with Crippen molar-refractivity contribution in [2.75, 3.05) is 20.2 Å². The molecule has 0 fully saturated rings. The minimum absolute atomic E-state index is 0.0741. The van der Waals surface area contributed by atoms with Crippen LogP contribution in [0, 0.1) is 24.1 Å². The van der Waals surface area contributed by atoms with Gasteiger partial charge in [-0.3, -0.25) is 4.79 Å². The number of nitrogens with zero attached hydrogens (tertiary/aromatic N) is 2. The number of hydrogen-bond acceptors (Lipinski definition) is 3. The molecular formula is C14H17FN2O2. The smallest absolute Gasteiger partial charge is 0.225 e. The Morgan fingerprint density at radius 1 is 1.53 bits per heavy atom. The number of ether oxygens (including phenoxy) is 1. The van der Waals surface area contributed by atoms with Crippen LogP contribution in [-0.2, 0) is 4.79 Å². The molecule has 0 N–H and O–H groups in total. The molecule has 1 amide bonds. The van der Waals surface area contributed by atoms with Crippen molar-refractivity contribution >= 4 is 5.91 Å². The van der Waals surface area contributed by atoms with E-state index >= 15 is 0 Å². The molecule has 0 heterocycles. The second-order valence-electron chi connectivity index (χ2n) is 4.23. The zero-order valence-corrected chi connectivity index (χ0v) is 11.1. The second kappa shape index (κ2) is 7.37. The Morgan fingerprint density at radius 3 is 2.89 bits per heavy atom. The normalized spacial score (nSPS) is 9.79. The number of hydrogen-bond donors (Lipinski definition) is 0. The van der Waals surface area contributed by atoms with E-state index in [1.807, 2.05) is 6.07 Å². The number of aryl methyl sites for hydroxylation is 1. The SMILES string of the molecule is Cc1cc(F)ccc1OCCC(=O)N(C)CCC#N. The van der Waals surface area contributed by atoms with Crippen molar-refractivity contribution in [1.82, 2.24) is 4.90 Å².